The molecule has 1 aliphatic rings. The highest BCUT2D eigenvalue weighted by Gasteiger charge is 2.21. The monoisotopic (exact) mass is 547 g/mol. The molecular weight excluding hydrogens is 506 g/mol. The Bertz CT molecular complexity index is 1360. The fraction of sp³-hybridized carbons (Fsp3) is 0.500. The van der Waals surface area contributed by atoms with Crippen molar-refractivity contribution in [2.75, 3.05) is 38.2 Å². The number of carbonyl (C=O) groups excluding carboxylic acids is 2. The van der Waals surface area contributed by atoms with Crippen molar-refractivity contribution in [2.45, 2.75) is 60.4 Å². The van der Waals surface area contributed by atoms with Crippen molar-refractivity contribution in [3.05, 3.63) is 64.7 Å². The second kappa shape index (κ2) is 11.9. The van der Waals surface area contributed by atoms with E-state index in [0.29, 0.717) is 29.2 Å². The number of nitrogens with one attached hydrogen (secondary N) is 2. The van der Waals surface area contributed by atoms with Crippen LogP contribution in [0.3, 0.4) is 0 Å². The summed E-state index contributed by atoms with van der Waals surface area (Å²) in [6.07, 6.45) is 3.19. The number of benzene rings is 1. The minimum atomic E-state index is -0.289. The molecule has 0 saturated carbocycles. The first-order chi connectivity index (χ1) is 18.8. The molecule has 0 bridgehead atoms. The summed E-state index contributed by atoms with van der Waals surface area (Å²) >= 11 is 0. The summed E-state index contributed by atoms with van der Waals surface area (Å²) in [5.41, 5.74) is 4.68. The van der Waals surface area contributed by atoms with E-state index >= 15 is 0 Å². The van der Waals surface area contributed by atoms with Crippen molar-refractivity contribution in [3.8, 4) is 5.69 Å². The zero-order chi connectivity index (χ0) is 29.1. The van der Waals surface area contributed by atoms with E-state index in [0.717, 1.165) is 44.0 Å². The number of morpholine rings is 1. The molecule has 1 aromatic carbocycles. The molecule has 1 aliphatic heterocycles. The average Bonchev–Trinajstić information content (AvgIpc) is 3.38. The molecule has 1 saturated heterocycles. The lowest BCUT2D eigenvalue weighted by atomic mass is 9.85. The van der Waals surface area contributed by atoms with Crippen molar-refractivity contribution >= 4 is 17.5 Å². The van der Waals surface area contributed by atoms with E-state index in [9.17, 15) is 9.59 Å². The fourth-order valence-corrected chi connectivity index (χ4v) is 4.31. The van der Waals surface area contributed by atoms with Crippen LogP contribution in [0.15, 0.2) is 36.7 Å². The third-order valence-corrected chi connectivity index (χ3v) is 6.70. The number of amides is 2. The van der Waals surface area contributed by atoms with Gasteiger partial charge in [-0.3, -0.25) is 19.5 Å². The van der Waals surface area contributed by atoms with Crippen LogP contribution in [0.1, 0.15) is 79.2 Å². The van der Waals surface area contributed by atoms with Gasteiger partial charge in [0.2, 0.25) is 0 Å². The molecule has 4 rings (SSSR count). The summed E-state index contributed by atoms with van der Waals surface area (Å²) in [5, 5.41) is 14.1. The maximum absolute atomic E-state index is 13.5. The number of pyridine rings is 1. The van der Waals surface area contributed by atoms with Crippen LogP contribution in [0.25, 0.3) is 5.69 Å². The van der Waals surface area contributed by atoms with Gasteiger partial charge in [0.1, 0.15) is 0 Å². The van der Waals surface area contributed by atoms with Crippen LogP contribution in [0, 0.1) is 12.3 Å². The van der Waals surface area contributed by atoms with E-state index in [1.165, 1.54) is 4.68 Å². The van der Waals surface area contributed by atoms with Crippen LogP contribution in [0.4, 0.5) is 5.69 Å². The molecule has 2 amide bonds. The lowest BCUT2D eigenvalue weighted by molar-refractivity contribution is 0.0341. The number of rotatable bonds is 7. The number of anilines is 1. The quantitative estimate of drug-likeness (QED) is 0.457. The van der Waals surface area contributed by atoms with Crippen LogP contribution in [0.5, 0.6) is 0 Å². The highest BCUT2D eigenvalue weighted by molar-refractivity contribution is 6.04. The molecule has 0 radical (unpaired) electrons. The van der Waals surface area contributed by atoms with Crippen LogP contribution < -0.4 is 10.6 Å². The van der Waals surface area contributed by atoms with Crippen LogP contribution in [-0.2, 0) is 16.7 Å². The minimum Gasteiger partial charge on any atom is -0.379 e. The van der Waals surface area contributed by atoms with Crippen molar-refractivity contribution in [1.82, 2.24) is 30.2 Å². The number of nitrogens with zero attached hydrogens (tertiary/aromatic N) is 5. The van der Waals surface area contributed by atoms with E-state index in [2.05, 4.69) is 57.7 Å². The van der Waals surface area contributed by atoms with Gasteiger partial charge in [-0.05, 0) is 47.1 Å². The van der Waals surface area contributed by atoms with Crippen LogP contribution in [0.2, 0.25) is 0 Å². The van der Waals surface area contributed by atoms with Gasteiger partial charge in [0, 0.05) is 31.7 Å². The van der Waals surface area contributed by atoms with Gasteiger partial charge in [-0.1, -0.05) is 52.8 Å². The van der Waals surface area contributed by atoms with Gasteiger partial charge in [-0.25, -0.2) is 4.68 Å². The SMILES string of the molecule is Cc1ncc(NC(=O)c2cc(CN3CCOCC3)cc(C(C)(C)C)c2)cc1-n1cc(C(=O)NCC(C)(C)C)nn1. The molecule has 2 aromatic heterocycles. The van der Waals surface area contributed by atoms with Crippen molar-refractivity contribution in [3.63, 3.8) is 0 Å². The van der Waals surface area contributed by atoms with E-state index in [1.54, 1.807) is 18.5 Å². The van der Waals surface area contributed by atoms with Crippen molar-refractivity contribution in [1.29, 1.82) is 0 Å². The molecule has 2 N–H and O–H groups in total. The number of hydrogen-bond acceptors (Lipinski definition) is 7. The van der Waals surface area contributed by atoms with Gasteiger partial charge >= 0.3 is 0 Å². The first-order valence-electron chi connectivity index (χ1n) is 13.7. The first kappa shape index (κ1) is 29.4. The number of hydrogen-bond donors (Lipinski definition) is 2. The van der Waals surface area contributed by atoms with Gasteiger partial charge < -0.3 is 15.4 Å². The number of carbonyl (C=O) groups is 2. The molecule has 10 nitrogen and oxygen atoms in total. The maximum Gasteiger partial charge on any atom is 0.273 e. The Labute approximate surface area is 236 Å². The van der Waals surface area contributed by atoms with Gasteiger partial charge in [0.25, 0.3) is 11.8 Å². The first-order valence-corrected chi connectivity index (χ1v) is 13.7. The Kier molecular flexibility index (Phi) is 8.70. The Morgan fingerprint density at radius 1 is 1.00 bits per heavy atom. The molecule has 0 atom stereocenters. The third kappa shape index (κ3) is 7.73. The Morgan fingerprint density at radius 3 is 2.40 bits per heavy atom. The molecular formula is C30H41N7O3. The minimum absolute atomic E-state index is 0.0473. The van der Waals surface area contributed by atoms with Gasteiger partial charge in [-0.2, -0.15) is 0 Å². The van der Waals surface area contributed by atoms with E-state index in [4.69, 9.17) is 4.74 Å². The maximum atomic E-state index is 13.5. The lowest BCUT2D eigenvalue weighted by Gasteiger charge is -2.28. The molecule has 214 valence electrons. The molecule has 0 spiro atoms. The Balaban J connectivity index is 1.54. The number of aromatic nitrogens is 4. The zero-order valence-corrected chi connectivity index (χ0v) is 24.7. The highest BCUT2D eigenvalue weighted by atomic mass is 16.5. The molecule has 40 heavy (non-hydrogen) atoms. The highest BCUT2D eigenvalue weighted by Crippen LogP contribution is 2.26. The normalized spacial score (nSPS) is 14.7. The van der Waals surface area contributed by atoms with Gasteiger partial charge in [-0.15, -0.1) is 5.10 Å². The number of ether oxygens (including phenoxy) is 1. The van der Waals surface area contributed by atoms with Gasteiger partial charge in [0.15, 0.2) is 5.69 Å². The Hall–Kier alpha value is -3.63. The van der Waals surface area contributed by atoms with Crippen LogP contribution in [-0.4, -0.2) is 69.5 Å². The molecule has 0 unspecified atom stereocenters. The standard InChI is InChI=1S/C30H41N7O3/c1-20-26(37-18-25(34-35-37)28(39)32-19-29(2,3)4)15-24(16-31-20)33-27(38)22-12-21(13-23(14-22)30(5,6)7)17-36-8-10-40-11-9-36/h12-16,18H,8-11,17,19H2,1-7H3,(H,32,39)(H,33,38). The van der Waals surface area contributed by atoms with Crippen molar-refractivity contribution < 1.29 is 14.3 Å². The summed E-state index contributed by atoms with van der Waals surface area (Å²) in [6.45, 7) is 18.9. The summed E-state index contributed by atoms with van der Waals surface area (Å²) in [4.78, 5) is 32.8. The smallest absolute Gasteiger partial charge is 0.273 e. The van der Waals surface area contributed by atoms with E-state index < -0.39 is 0 Å². The molecule has 3 heterocycles. The largest absolute Gasteiger partial charge is 0.379 e. The van der Waals surface area contributed by atoms with E-state index in [1.807, 2.05) is 39.8 Å². The average molecular weight is 548 g/mol. The predicted molar refractivity (Wildman–Crippen MR) is 155 cm³/mol. The third-order valence-electron chi connectivity index (χ3n) is 6.70. The fourth-order valence-electron chi connectivity index (χ4n) is 4.31. The summed E-state index contributed by atoms with van der Waals surface area (Å²) < 4.78 is 6.99. The predicted octanol–water partition coefficient (Wildman–Crippen LogP) is 4.13. The molecule has 1 fully saturated rings. The molecule has 0 aliphatic carbocycles. The summed E-state index contributed by atoms with van der Waals surface area (Å²) in [6, 6.07) is 7.90. The lowest BCUT2D eigenvalue weighted by Crippen LogP contribution is -2.35. The molecule has 3 aromatic rings. The van der Waals surface area contributed by atoms with Crippen LogP contribution >= 0.6 is 0 Å². The second-order valence-corrected chi connectivity index (χ2v) is 12.6. The summed E-state index contributed by atoms with van der Waals surface area (Å²) in [7, 11) is 0. The van der Waals surface area contributed by atoms with Gasteiger partial charge in [0.05, 0.1) is 42.7 Å². The summed E-state index contributed by atoms with van der Waals surface area (Å²) in [5.74, 6) is -0.505. The molecule has 10 heteroatoms. The van der Waals surface area contributed by atoms with Crippen molar-refractivity contribution in [2.24, 2.45) is 5.41 Å². The topological polar surface area (TPSA) is 114 Å². The second-order valence-electron chi connectivity index (χ2n) is 12.6. The number of aryl methyl sites for hydroxylation is 1. The Morgan fingerprint density at radius 2 is 1.73 bits per heavy atom. The zero-order valence-electron chi connectivity index (χ0n) is 24.7. The van der Waals surface area contributed by atoms with E-state index in [-0.39, 0.29) is 28.3 Å².